The Morgan fingerprint density at radius 3 is 2.52 bits per heavy atom. The second-order valence-electron chi connectivity index (χ2n) is 7.50. The van der Waals surface area contributed by atoms with Crippen molar-refractivity contribution in [2.45, 2.75) is 24.2 Å². The van der Waals surface area contributed by atoms with Crippen LogP contribution in [0.1, 0.15) is 19.3 Å². The number of hydrogen-bond donors (Lipinski definition) is 2. The first kappa shape index (κ1) is 23.3. The minimum absolute atomic E-state index is 0.124. The average Bonchev–Trinajstić information content (AvgIpc) is 2.78. The Morgan fingerprint density at radius 2 is 1.73 bits per heavy atom. The van der Waals surface area contributed by atoms with Crippen LogP contribution in [0.3, 0.4) is 0 Å². The molecule has 0 aliphatic carbocycles. The summed E-state index contributed by atoms with van der Waals surface area (Å²) < 4.78 is 39.4. The van der Waals surface area contributed by atoms with Gasteiger partial charge in [-0.15, -0.1) is 0 Å². The molecule has 1 aromatic heterocycles. The van der Waals surface area contributed by atoms with E-state index in [2.05, 4.69) is 20.7 Å². The first-order chi connectivity index (χ1) is 15.8. The molecule has 0 fully saturated rings. The molecule has 3 aromatic carbocycles. The molecule has 0 saturated heterocycles. The summed E-state index contributed by atoms with van der Waals surface area (Å²) in [4.78, 5) is 12.9. The normalized spacial score (nSPS) is 11.8. The van der Waals surface area contributed by atoms with Crippen molar-refractivity contribution < 1.29 is 22.7 Å². The number of sulfonamides is 1. The predicted octanol–water partition coefficient (Wildman–Crippen LogP) is 4.94. The summed E-state index contributed by atoms with van der Waals surface area (Å²) in [5.74, 6) is 0.207. The lowest BCUT2D eigenvalue weighted by Gasteiger charge is -2.09. The molecule has 0 spiro atoms. The number of halogens is 1. The molecule has 1 heterocycles. The van der Waals surface area contributed by atoms with Crippen molar-refractivity contribution in [1.29, 1.82) is 0 Å². The summed E-state index contributed by atoms with van der Waals surface area (Å²) in [6, 6.07) is 16.3. The molecule has 33 heavy (non-hydrogen) atoms. The second-order valence-corrected chi connectivity index (χ2v) is 10.2. The van der Waals surface area contributed by atoms with Gasteiger partial charge >= 0.3 is 0 Å². The molecule has 0 atom stereocenters. The zero-order valence-corrected chi connectivity index (χ0v) is 20.0. The highest BCUT2D eigenvalue weighted by Crippen LogP contribution is 2.30. The minimum atomic E-state index is -3.52. The van der Waals surface area contributed by atoms with Gasteiger partial charge in [-0.25, -0.2) is 13.1 Å². The SMILES string of the molecule is O=c1c2ccccc2oc2cc(OCCCCCNS(=O)(=O)c3ccc(Br)cc3)cc(O)c12. The molecule has 4 rings (SSSR count). The van der Waals surface area contributed by atoms with Crippen LogP contribution in [0.5, 0.6) is 11.5 Å². The van der Waals surface area contributed by atoms with E-state index in [1.165, 1.54) is 6.07 Å². The Hall–Kier alpha value is -2.88. The highest BCUT2D eigenvalue weighted by Gasteiger charge is 2.14. The van der Waals surface area contributed by atoms with Crippen molar-refractivity contribution in [2.24, 2.45) is 0 Å². The van der Waals surface area contributed by atoms with Crippen LogP contribution in [-0.2, 0) is 10.0 Å². The first-order valence-corrected chi connectivity index (χ1v) is 12.7. The molecule has 0 aliphatic rings. The van der Waals surface area contributed by atoms with Crippen molar-refractivity contribution in [3.8, 4) is 11.5 Å². The number of benzene rings is 3. The largest absolute Gasteiger partial charge is 0.507 e. The smallest absolute Gasteiger partial charge is 0.240 e. The summed E-state index contributed by atoms with van der Waals surface area (Å²) in [7, 11) is -3.52. The van der Waals surface area contributed by atoms with Gasteiger partial charge in [-0.2, -0.15) is 0 Å². The second kappa shape index (κ2) is 9.94. The zero-order valence-electron chi connectivity index (χ0n) is 17.6. The van der Waals surface area contributed by atoms with Gasteiger partial charge in [-0.3, -0.25) is 4.79 Å². The van der Waals surface area contributed by atoms with Crippen LogP contribution < -0.4 is 14.9 Å². The molecule has 0 saturated carbocycles. The van der Waals surface area contributed by atoms with Crippen LogP contribution in [0, 0.1) is 0 Å². The highest BCUT2D eigenvalue weighted by atomic mass is 79.9. The average molecular weight is 532 g/mol. The number of phenolic OH excluding ortho intramolecular Hbond substituents is 1. The maximum atomic E-state index is 12.6. The zero-order chi connectivity index (χ0) is 23.4. The van der Waals surface area contributed by atoms with E-state index in [0.717, 1.165) is 10.9 Å². The number of fused-ring (bicyclic) bond motifs is 2. The number of ether oxygens (including phenoxy) is 1. The standard InChI is InChI=1S/C24H22BrNO6S/c25-16-8-10-18(11-9-16)33(29,30)26-12-4-1-5-13-31-17-14-20(27)23-22(15-17)32-21-7-3-2-6-19(21)24(23)28/h2-3,6-11,14-15,26-27H,1,4-5,12-13H2. The van der Waals surface area contributed by atoms with Crippen LogP contribution in [0.2, 0.25) is 0 Å². The van der Waals surface area contributed by atoms with Gasteiger partial charge in [-0.05, 0) is 55.7 Å². The third-order valence-corrected chi connectivity index (χ3v) is 7.14. The predicted molar refractivity (Wildman–Crippen MR) is 130 cm³/mol. The van der Waals surface area contributed by atoms with E-state index >= 15 is 0 Å². The molecule has 0 radical (unpaired) electrons. The lowest BCUT2D eigenvalue weighted by atomic mass is 10.1. The van der Waals surface area contributed by atoms with Gasteiger partial charge in [0, 0.05) is 23.2 Å². The van der Waals surface area contributed by atoms with Crippen LogP contribution in [0.25, 0.3) is 21.9 Å². The fourth-order valence-electron chi connectivity index (χ4n) is 3.46. The van der Waals surface area contributed by atoms with Gasteiger partial charge in [0.25, 0.3) is 0 Å². The lowest BCUT2D eigenvalue weighted by Crippen LogP contribution is -2.24. The summed E-state index contributed by atoms with van der Waals surface area (Å²) in [6.07, 6.45) is 2.10. The summed E-state index contributed by atoms with van der Waals surface area (Å²) in [5, 5.41) is 10.9. The Bertz CT molecular complexity index is 1450. The topological polar surface area (TPSA) is 106 Å². The van der Waals surface area contributed by atoms with E-state index in [-0.39, 0.29) is 27.0 Å². The fraction of sp³-hybridized carbons (Fsp3) is 0.208. The Balaban J connectivity index is 1.29. The molecule has 172 valence electrons. The van der Waals surface area contributed by atoms with Crippen molar-refractivity contribution in [1.82, 2.24) is 4.72 Å². The van der Waals surface area contributed by atoms with Crippen LogP contribution >= 0.6 is 15.9 Å². The quantitative estimate of drug-likeness (QED) is 0.234. The van der Waals surface area contributed by atoms with Gasteiger partial charge in [0.2, 0.25) is 15.5 Å². The van der Waals surface area contributed by atoms with Gasteiger partial charge in [-0.1, -0.05) is 28.1 Å². The molecular formula is C24H22BrNO6S. The van der Waals surface area contributed by atoms with Gasteiger partial charge in [0.05, 0.1) is 16.9 Å². The van der Waals surface area contributed by atoms with Crippen molar-refractivity contribution >= 4 is 47.9 Å². The van der Waals surface area contributed by atoms with Gasteiger partial charge in [0.1, 0.15) is 28.1 Å². The maximum absolute atomic E-state index is 12.6. The maximum Gasteiger partial charge on any atom is 0.240 e. The van der Waals surface area contributed by atoms with E-state index in [0.29, 0.717) is 42.7 Å². The van der Waals surface area contributed by atoms with Crippen molar-refractivity contribution in [2.75, 3.05) is 13.2 Å². The summed E-state index contributed by atoms with van der Waals surface area (Å²) >= 11 is 3.29. The monoisotopic (exact) mass is 531 g/mol. The van der Waals surface area contributed by atoms with Crippen molar-refractivity contribution in [3.63, 3.8) is 0 Å². The fourth-order valence-corrected chi connectivity index (χ4v) is 4.80. The highest BCUT2D eigenvalue weighted by molar-refractivity contribution is 9.10. The molecule has 7 nitrogen and oxygen atoms in total. The van der Waals surface area contributed by atoms with E-state index in [9.17, 15) is 18.3 Å². The molecule has 4 aromatic rings. The Kier molecular flexibility index (Phi) is 7.02. The summed E-state index contributed by atoms with van der Waals surface area (Å²) in [6.45, 7) is 0.704. The van der Waals surface area contributed by atoms with Gasteiger partial charge < -0.3 is 14.3 Å². The Morgan fingerprint density at radius 1 is 0.970 bits per heavy atom. The molecule has 0 unspecified atom stereocenters. The third kappa shape index (κ3) is 5.38. The molecule has 2 N–H and O–H groups in total. The number of unbranched alkanes of at least 4 members (excludes halogenated alkanes) is 2. The lowest BCUT2D eigenvalue weighted by molar-refractivity contribution is 0.304. The van der Waals surface area contributed by atoms with Crippen LogP contribution in [-0.4, -0.2) is 26.7 Å². The van der Waals surface area contributed by atoms with Crippen LogP contribution in [0.4, 0.5) is 0 Å². The third-order valence-electron chi connectivity index (χ3n) is 5.14. The number of para-hydroxylation sites is 1. The van der Waals surface area contributed by atoms with Crippen LogP contribution in [0.15, 0.2) is 79.2 Å². The molecule has 0 amide bonds. The molecule has 9 heteroatoms. The number of nitrogens with one attached hydrogen (secondary N) is 1. The summed E-state index contributed by atoms with van der Waals surface area (Å²) in [5.41, 5.74) is 0.412. The minimum Gasteiger partial charge on any atom is -0.507 e. The van der Waals surface area contributed by atoms with E-state index < -0.39 is 10.0 Å². The molecule has 0 aliphatic heterocycles. The molecule has 0 bridgehead atoms. The van der Waals surface area contributed by atoms with Crippen molar-refractivity contribution in [3.05, 3.63) is 75.4 Å². The molecular weight excluding hydrogens is 510 g/mol. The number of aromatic hydroxyl groups is 1. The number of hydrogen-bond acceptors (Lipinski definition) is 6. The van der Waals surface area contributed by atoms with Gasteiger partial charge in [0.15, 0.2) is 0 Å². The number of phenols is 1. The van der Waals surface area contributed by atoms with E-state index in [4.69, 9.17) is 9.15 Å². The first-order valence-electron chi connectivity index (χ1n) is 10.4. The Labute approximate surface area is 199 Å². The van der Waals surface area contributed by atoms with E-state index in [1.54, 1.807) is 54.6 Å². The number of rotatable bonds is 9. The van der Waals surface area contributed by atoms with E-state index in [1.807, 2.05) is 0 Å².